The van der Waals surface area contributed by atoms with Crippen molar-refractivity contribution in [3.8, 4) is 0 Å². The number of rotatable bonds is 6. The van der Waals surface area contributed by atoms with Crippen LogP contribution in [0.2, 0.25) is 0 Å². The number of hydrogen-bond acceptors (Lipinski definition) is 4. The highest BCUT2D eigenvalue weighted by Gasteiger charge is 2.19. The van der Waals surface area contributed by atoms with E-state index in [1.807, 2.05) is 25.9 Å². The summed E-state index contributed by atoms with van der Waals surface area (Å²) in [5, 5.41) is 4.96. The van der Waals surface area contributed by atoms with E-state index < -0.39 is 17.3 Å². The molecule has 1 aromatic carbocycles. The summed E-state index contributed by atoms with van der Waals surface area (Å²) < 4.78 is 15.6. The molecule has 0 radical (unpaired) electrons. The normalized spacial score (nSPS) is 12.0. The number of carbonyl (C=O) groups is 2. The van der Waals surface area contributed by atoms with Gasteiger partial charge in [0.1, 0.15) is 11.4 Å². The zero-order chi connectivity index (χ0) is 21.0. The van der Waals surface area contributed by atoms with Crippen LogP contribution in [0.15, 0.2) is 35.3 Å². The molecule has 150 valence electrons. The first kappa shape index (κ1) is 21.3. The molecular weight excluding hydrogens is 363 g/mol. The number of anilines is 2. The van der Waals surface area contributed by atoms with E-state index in [1.165, 1.54) is 23.6 Å². The lowest BCUT2D eigenvalue weighted by atomic mass is 10.1. The van der Waals surface area contributed by atoms with E-state index in [0.29, 0.717) is 17.8 Å². The van der Waals surface area contributed by atoms with E-state index in [9.17, 15) is 18.8 Å². The Hall–Kier alpha value is -3.00. The van der Waals surface area contributed by atoms with Gasteiger partial charge in [-0.15, -0.1) is 0 Å². The van der Waals surface area contributed by atoms with Crippen LogP contribution < -0.4 is 16.2 Å². The lowest BCUT2D eigenvalue weighted by molar-refractivity contribution is -0.114. The van der Waals surface area contributed by atoms with Gasteiger partial charge in [-0.05, 0) is 57.8 Å². The maximum atomic E-state index is 14.1. The number of aromatic nitrogens is 1. The van der Waals surface area contributed by atoms with Crippen LogP contribution in [0.3, 0.4) is 0 Å². The van der Waals surface area contributed by atoms with Crippen molar-refractivity contribution in [2.24, 2.45) is 0 Å². The van der Waals surface area contributed by atoms with Gasteiger partial charge in [0.2, 0.25) is 5.91 Å². The fourth-order valence-electron chi connectivity index (χ4n) is 2.97. The largest absolute Gasteiger partial charge is 0.326 e. The van der Waals surface area contributed by atoms with Gasteiger partial charge in [0, 0.05) is 31.4 Å². The quantitative estimate of drug-likeness (QED) is 0.797. The second-order valence-electron chi connectivity index (χ2n) is 7.03. The second kappa shape index (κ2) is 8.79. The lowest BCUT2D eigenvalue weighted by Gasteiger charge is -2.20. The van der Waals surface area contributed by atoms with E-state index >= 15 is 0 Å². The van der Waals surface area contributed by atoms with Gasteiger partial charge >= 0.3 is 0 Å². The average molecular weight is 388 g/mol. The van der Waals surface area contributed by atoms with E-state index in [4.69, 9.17) is 0 Å². The van der Waals surface area contributed by atoms with Gasteiger partial charge in [0.05, 0.1) is 5.69 Å². The minimum absolute atomic E-state index is 0.0440. The number of amides is 2. The molecule has 1 unspecified atom stereocenters. The molecule has 2 N–H and O–H groups in total. The lowest BCUT2D eigenvalue weighted by Crippen LogP contribution is -2.34. The summed E-state index contributed by atoms with van der Waals surface area (Å²) in [6, 6.07) is 5.37. The number of nitrogens with one attached hydrogen (secondary N) is 2. The predicted octanol–water partition coefficient (Wildman–Crippen LogP) is 2.63. The summed E-state index contributed by atoms with van der Waals surface area (Å²) in [4.78, 5) is 38.7. The van der Waals surface area contributed by atoms with E-state index in [1.54, 1.807) is 19.2 Å². The minimum Gasteiger partial charge on any atom is -0.326 e. The van der Waals surface area contributed by atoms with Crippen LogP contribution in [0.25, 0.3) is 0 Å². The maximum Gasteiger partial charge on any atom is 0.263 e. The van der Waals surface area contributed by atoms with Crippen molar-refractivity contribution in [3.63, 3.8) is 0 Å². The van der Waals surface area contributed by atoms with Crippen LogP contribution in [0.4, 0.5) is 15.8 Å². The smallest absolute Gasteiger partial charge is 0.263 e. The van der Waals surface area contributed by atoms with Gasteiger partial charge in [-0.1, -0.05) is 0 Å². The topological polar surface area (TPSA) is 83.4 Å². The molecule has 0 fully saturated rings. The number of halogens is 1. The molecule has 0 bridgehead atoms. The van der Waals surface area contributed by atoms with Crippen LogP contribution >= 0.6 is 0 Å². The molecule has 0 saturated heterocycles. The van der Waals surface area contributed by atoms with Crippen LogP contribution in [0.1, 0.15) is 35.8 Å². The van der Waals surface area contributed by atoms with Crippen molar-refractivity contribution in [3.05, 3.63) is 57.8 Å². The number of pyridine rings is 1. The summed E-state index contributed by atoms with van der Waals surface area (Å²) in [5.41, 5.74) is 0.231. The number of benzene rings is 1. The standard InChI is InChI=1S/C20H25FN4O3/c1-12-8-9-25(13(2)11-24(4)5)20(28)18(12)19(27)23-17-10-15(22-14(3)26)6-7-16(17)21/h6-10,13H,11H2,1-5H3,(H,22,26)(H,23,27). The molecular formula is C20H25FN4O3. The van der Waals surface area contributed by atoms with Crippen molar-refractivity contribution in [1.29, 1.82) is 0 Å². The SMILES string of the molecule is CC(=O)Nc1ccc(F)c(NC(=O)c2c(C)ccn(C(C)CN(C)C)c2=O)c1. The van der Waals surface area contributed by atoms with Gasteiger partial charge in [0.15, 0.2) is 0 Å². The molecule has 1 heterocycles. The van der Waals surface area contributed by atoms with Gasteiger partial charge in [-0.25, -0.2) is 4.39 Å². The van der Waals surface area contributed by atoms with Crippen LogP contribution in [0, 0.1) is 12.7 Å². The highest BCUT2D eigenvalue weighted by molar-refractivity contribution is 6.05. The van der Waals surface area contributed by atoms with Crippen molar-refractivity contribution < 1.29 is 14.0 Å². The molecule has 0 aliphatic heterocycles. The molecule has 7 nitrogen and oxygen atoms in total. The summed E-state index contributed by atoms with van der Waals surface area (Å²) in [7, 11) is 3.79. The maximum absolute atomic E-state index is 14.1. The van der Waals surface area contributed by atoms with Crippen molar-refractivity contribution >= 4 is 23.2 Å². The third-order valence-electron chi connectivity index (χ3n) is 4.19. The summed E-state index contributed by atoms with van der Waals surface area (Å²) in [6.45, 7) is 5.49. The van der Waals surface area contributed by atoms with E-state index in [-0.39, 0.29) is 23.2 Å². The highest BCUT2D eigenvalue weighted by Crippen LogP contribution is 2.20. The number of hydrogen-bond donors (Lipinski definition) is 2. The van der Waals surface area contributed by atoms with Crippen LogP contribution in [-0.2, 0) is 4.79 Å². The second-order valence-corrected chi connectivity index (χ2v) is 7.03. The number of likely N-dealkylation sites (N-methyl/N-ethyl adjacent to an activating group) is 1. The minimum atomic E-state index is -0.701. The molecule has 2 aromatic rings. The predicted molar refractivity (Wildman–Crippen MR) is 107 cm³/mol. The first-order valence-corrected chi connectivity index (χ1v) is 8.85. The molecule has 0 aliphatic carbocycles. The van der Waals surface area contributed by atoms with Gasteiger partial charge in [0.25, 0.3) is 11.5 Å². The zero-order valence-electron chi connectivity index (χ0n) is 16.7. The number of nitrogens with zero attached hydrogens (tertiary/aromatic N) is 2. The van der Waals surface area contributed by atoms with Crippen LogP contribution in [-0.4, -0.2) is 41.9 Å². The molecule has 8 heteroatoms. The third-order valence-corrected chi connectivity index (χ3v) is 4.19. The Morgan fingerprint density at radius 2 is 1.89 bits per heavy atom. The molecule has 0 saturated carbocycles. The van der Waals surface area contributed by atoms with E-state index in [0.717, 1.165) is 6.07 Å². The van der Waals surface area contributed by atoms with Crippen LogP contribution in [0.5, 0.6) is 0 Å². The molecule has 1 atom stereocenters. The Labute approximate surface area is 163 Å². The first-order valence-electron chi connectivity index (χ1n) is 8.85. The molecule has 0 aliphatic rings. The van der Waals surface area contributed by atoms with E-state index in [2.05, 4.69) is 10.6 Å². The Balaban J connectivity index is 2.37. The highest BCUT2D eigenvalue weighted by atomic mass is 19.1. The number of carbonyl (C=O) groups excluding carboxylic acids is 2. The molecule has 1 aromatic heterocycles. The Bertz CT molecular complexity index is 953. The fourth-order valence-corrected chi connectivity index (χ4v) is 2.97. The summed E-state index contributed by atoms with van der Waals surface area (Å²) in [5.74, 6) is -1.69. The molecule has 28 heavy (non-hydrogen) atoms. The van der Waals surface area contributed by atoms with Crippen molar-refractivity contribution in [2.75, 3.05) is 31.3 Å². The first-order chi connectivity index (χ1) is 13.1. The Morgan fingerprint density at radius 1 is 1.21 bits per heavy atom. The summed E-state index contributed by atoms with van der Waals surface area (Å²) in [6.07, 6.45) is 1.65. The summed E-state index contributed by atoms with van der Waals surface area (Å²) >= 11 is 0. The fraction of sp³-hybridized carbons (Fsp3) is 0.350. The monoisotopic (exact) mass is 388 g/mol. The van der Waals surface area contributed by atoms with Gasteiger partial charge in [-0.2, -0.15) is 0 Å². The number of aryl methyl sites for hydroxylation is 1. The third kappa shape index (κ3) is 5.04. The van der Waals surface area contributed by atoms with Gasteiger partial charge < -0.3 is 20.1 Å². The van der Waals surface area contributed by atoms with Crippen molar-refractivity contribution in [1.82, 2.24) is 9.47 Å². The molecule has 2 rings (SSSR count). The average Bonchev–Trinajstić information content (AvgIpc) is 2.56. The van der Waals surface area contributed by atoms with Gasteiger partial charge in [-0.3, -0.25) is 14.4 Å². The zero-order valence-corrected chi connectivity index (χ0v) is 16.7. The Kier molecular flexibility index (Phi) is 6.69. The Morgan fingerprint density at radius 3 is 2.50 bits per heavy atom. The molecule has 0 spiro atoms. The molecule has 2 amide bonds. The van der Waals surface area contributed by atoms with Crippen molar-refractivity contribution in [2.45, 2.75) is 26.8 Å².